The van der Waals surface area contributed by atoms with Crippen LogP contribution < -0.4 is 0 Å². The van der Waals surface area contributed by atoms with Crippen molar-refractivity contribution in [3.05, 3.63) is 45.3 Å². The highest BCUT2D eigenvalue weighted by atomic mass is 79.9. The van der Waals surface area contributed by atoms with Crippen LogP contribution >= 0.6 is 31.9 Å². The number of aryl methyl sites for hydroxylation is 1. The maximum atomic E-state index is 4.93. The van der Waals surface area contributed by atoms with Crippen molar-refractivity contribution in [2.24, 2.45) is 5.92 Å². The van der Waals surface area contributed by atoms with Gasteiger partial charge in [0.2, 0.25) is 0 Å². The minimum absolute atomic E-state index is 0.639. The van der Waals surface area contributed by atoms with Crippen molar-refractivity contribution >= 4 is 65.0 Å². The molecule has 4 aromatic rings. The van der Waals surface area contributed by atoms with Gasteiger partial charge in [-0.15, -0.1) is 0 Å². The van der Waals surface area contributed by atoms with E-state index in [0.29, 0.717) is 5.92 Å². The largest absolute Gasteiger partial charge is 0.323 e. The lowest BCUT2D eigenvalue weighted by Gasteiger charge is -2.10. The van der Waals surface area contributed by atoms with Crippen LogP contribution in [-0.4, -0.2) is 14.5 Å². The van der Waals surface area contributed by atoms with E-state index in [9.17, 15) is 0 Å². The highest BCUT2D eigenvalue weighted by Crippen LogP contribution is 2.35. The summed E-state index contributed by atoms with van der Waals surface area (Å²) in [4.78, 5) is 9.84. The monoisotopic (exact) mass is 445 g/mol. The fourth-order valence-corrected chi connectivity index (χ4v) is 4.53. The summed E-state index contributed by atoms with van der Waals surface area (Å²) in [6.45, 7) is 5.44. The van der Waals surface area contributed by atoms with Crippen LogP contribution in [0.15, 0.2) is 45.3 Å². The number of hydrogen-bond acceptors (Lipinski definition) is 2. The predicted molar refractivity (Wildman–Crippen MR) is 107 cm³/mol. The molecule has 2 aromatic heterocycles. The Morgan fingerprint density at radius 3 is 2.46 bits per heavy atom. The Balaban J connectivity index is 2.12. The van der Waals surface area contributed by atoms with Gasteiger partial charge in [0.25, 0.3) is 0 Å². The van der Waals surface area contributed by atoms with Gasteiger partial charge in [0.15, 0.2) is 5.65 Å². The van der Waals surface area contributed by atoms with Crippen LogP contribution in [0.3, 0.4) is 0 Å². The van der Waals surface area contributed by atoms with Crippen molar-refractivity contribution in [1.82, 2.24) is 14.5 Å². The molecule has 0 aliphatic carbocycles. The van der Waals surface area contributed by atoms with E-state index in [-0.39, 0.29) is 0 Å². The first-order valence-electron chi connectivity index (χ1n) is 8.08. The summed E-state index contributed by atoms with van der Waals surface area (Å²) in [6.07, 6.45) is 1.11. The number of aromatic nitrogens is 3. The molecule has 0 amide bonds. The zero-order valence-corrected chi connectivity index (χ0v) is 16.7. The number of benzene rings is 2. The van der Waals surface area contributed by atoms with Gasteiger partial charge in [-0.25, -0.2) is 9.97 Å². The van der Waals surface area contributed by atoms with Gasteiger partial charge in [0.05, 0.1) is 16.6 Å². The molecule has 122 valence electrons. The first-order chi connectivity index (χ1) is 11.5. The van der Waals surface area contributed by atoms with Gasteiger partial charge < -0.3 is 4.57 Å². The third-order valence-electron chi connectivity index (χ3n) is 4.29. The third-order valence-corrected chi connectivity index (χ3v) is 5.35. The summed E-state index contributed by atoms with van der Waals surface area (Å²) in [5.74, 6) is 0.639. The van der Waals surface area contributed by atoms with Gasteiger partial charge >= 0.3 is 0 Å². The molecule has 0 radical (unpaired) electrons. The van der Waals surface area contributed by atoms with Gasteiger partial charge in [0, 0.05) is 20.9 Å². The van der Waals surface area contributed by atoms with E-state index >= 15 is 0 Å². The molecular formula is C19H17Br2N3. The molecule has 0 saturated carbocycles. The smallest absolute Gasteiger partial charge is 0.160 e. The van der Waals surface area contributed by atoms with E-state index in [1.807, 2.05) is 24.3 Å². The first-order valence-corrected chi connectivity index (χ1v) is 9.67. The average molecular weight is 447 g/mol. The van der Waals surface area contributed by atoms with E-state index in [4.69, 9.17) is 9.97 Å². The van der Waals surface area contributed by atoms with E-state index in [2.05, 4.69) is 62.4 Å². The first kappa shape index (κ1) is 16.0. The van der Waals surface area contributed by atoms with Gasteiger partial charge in [0.1, 0.15) is 5.52 Å². The lowest BCUT2D eigenvalue weighted by atomic mass is 10.1. The van der Waals surface area contributed by atoms with E-state index in [0.717, 1.165) is 49.5 Å². The maximum Gasteiger partial charge on any atom is 0.160 e. The molecule has 0 atom stereocenters. The van der Waals surface area contributed by atoms with Gasteiger partial charge in [-0.3, -0.25) is 0 Å². The second-order valence-corrected chi connectivity index (χ2v) is 8.27. The zero-order valence-electron chi connectivity index (χ0n) is 13.6. The topological polar surface area (TPSA) is 30.7 Å². The SMILES string of the molecule is CC(C)CCn1c2nc3ccccc3nc2c2cc(Br)cc(Br)c21. The highest BCUT2D eigenvalue weighted by molar-refractivity contribution is 9.11. The second-order valence-electron chi connectivity index (χ2n) is 6.50. The van der Waals surface area contributed by atoms with Crippen LogP contribution in [0.1, 0.15) is 20.3 Å². The van der Waals surface area contributed by atoms with Crippen LogP contribution in [0.4, 0.5) is 0 Å². The minimum atomic E-state index is 0.639. The summed E-state index contributed by atoms with van der Waals surface area (Å²) in [7, 11) is 0. The van der Waals surface area contributed by atoms with Crippen molar-refractivity contribution in [2.45, 2.75) is 26.8 Å². The average Bonchev–Trinajstić information content (AvgIpc) is 2.84. The molecule has 0 spiro atoms. The Morgan fingerprint density at radius 1 is 1.04 bits per heavy atom. The summed E-state index contributed by atoms with van der Waals surface area (Å²) in [6, 6.07) is 12.3. The van der Waals surface area contributed by atoms with E-state index in [1.165, 1.54) is 5.52 Å². The molecule has 0 aliphatic rings. The number of rotatable bonds is 3. The molecule has 0 N–H and O–H groups in total. The molecule has 0 bridgehead atoms. The third kappa shape index (κ3) is 2.64. The molecule has 24 heavy (non-hydrogen) atoms. The second kappa shape index (κ2) is 6.12. The van der Waals surface area contributed by atoms with Crippen molar-refractivity contribution in [3.8, 4) is 0 Å². The Morgan fingerprint density at radius 2 is 1.75 bits per heavy atom. The predicted octanol–water partition coefficient (Wildman–Crippen LogP) is 6.31. The van der Waals surface area contributed by atoms with Gasteiger partial charge in [-0.2, -0.15) is 0 Å². The molecule has 0 aliphatic heterocycles. The van der Waals surface area contributed by atoms with Crippen molar-refractivity contribution in [3.63, 3.8) is 0 Å². The summed E-state index contributed by atoms with van der Waals surface area (Å²) in [5, 5.41) is 1.13. The molecule has 3 nitrogen and oxygen atoms in total. The Kier molecular flexibility index (Phi) is 4.09. The standard InChI is InChI=1S/C19H17Br2N3/c1-11(2)7-8-24-18-13(9-12(20)10-14(18)21)17-19(24)23-16-6-4-3-5-15(16)22-17/h3-6,9-11H,7-8H2,1-2H3. The molecule has 5 heteroatoms. The Hall–Kier alpha value is -1.46. The minimum Gasteiger partial charge on any atom is -0.323 e. The molecule has 0 saturated heterocycles. The number of fused-ring (bicyclic) bond motifs is 4. The van der Waals surface area contributed by atoms with Crippen molar-refractivity contribution in [1.29, 1.82) is 0 Å². The fraction of sp³-hybridized carbons (Fsp3) is 0.263. The summed E-state index contributed by atoms with van der Waals surface area (Å²) < 4.78 is 4.42. The van der Waals surface area contributed by atoms with Gasteiger partial charge in [-0.05, 0) is 52.5 Å². The summed E-state index contributed by atoms with van der Waals surface area (Å²) in [5.41, 5.74) is 4.97. The molecular weight excluding hydrogens is 430 g/mol. The fourth-order valence-electron chi connectivity index (χ4n) is 3.09. The molecule has 0 fully saturated rings. The van der Waals surface area contributed by atoms with Gasteiger partial charge in [-0.1, -0.05) is 41.9 Å². The quantitative estimate of drug-likeness (QED) is 0.369. The molecule has 2 aromatic carbocycles. The zero-order chi connectivity index (χ0) is 16.8. The Bertz CT molecular complexity index is 1070. The van der Waals surface area contributed by atoms with Crippen molar-refractivity contribution < 1.29 is 0 Å². The van der Waals surface area contributed by atoms with E-state index < -0.39 is 0 Å². The maximum absolute atomic E-state index is 4.93. The Labute approximate surface area is 157 Å². The normalized spacial score (nSPS) is 12.0. The molecule has 4 rings (SSSR count). The lowest BCUT2D eigenvalue weighted by Crippen LogP contribution is -2.03. The summed E-state index contributed by atoms with van der Waals surface area (Å²) >= 11 is 7.34. The van der Waals surface area contributed by atoms with Crippen molar-refractivity contribution in [2.75, 3.05) is 0 Å². The molecule has 2 heterocycles. The van der Waals surface area contributed by atoms with Crippen LogP contribution in [0, 0.1) is 5.92 Å². The lowest BCUT2D eigenvalue weighted by molar-refractivity contribution is 0.529. The van der Waals surface area contributed by atoms with E-state index in [1.54, 1.807) is 0 Å². The number of nitrogens with zero attached hydrogens (tertiary/aromatic N) is 3. The molecule has 0 unspecified atom stereocenters. The van der Waals surface area contributed by atoms with Crippen LogP contribution in [0.25, 0.3) is 33.1 Å². The van der Waals surface area contributed by atoms with Crippen LogP contribution in [-0.2, 0) is 6.54 Å². The number of para-hydroxylation sites is 2. The highest BCUT2D eigenvalue weighted by Gasteiger charge is 2.17. The number of hydrogen-bond donors (Lipinski definition) is 0. The van der Waals surface area contributed by atoms with Crippen LogP contribution in [0.5, 0.6) is 0 Å². The van der Waals surface area contributed by atoms with Crippen LogP contribution in [0.2, 0.25) is 0 Å². The number of halogens is 2.